The molecule has 0 bridgehead atoms. The van der Waals surface area contributed by atoms with E-state index >= 15 is 0 Å². The van der Waals surface area contributed by atoms with Crippen molar-refractivity contribution in [3.63, 3.8) is 0 Å². The van der Waals surface area contributed by atoms with Gasteiger partial charge < -0.3 is 5.73 Å². The van der Waals surface area contributed by atoms with Crippen molar-refractivity contribution in [1.29, 1.82) is 0 Å². The molecule has 1 unspecified atom stereocenters. The van der Waals surface area contributed by atoms with Gasteiger partial charge in [-0.15, -0.1) is 11.3 Å². The molecule has 0 spiro atoms. The van der Waals surface area contributed by atoms with E-state index in [4.69, 9.17) is 5.73 Å². The van der Waals surface area contributed by atoms with Crippen molar-refractivity contribution in [3.05, 3.63) is 16.6 Å². The largest absolute Gasteiger partial charge is 0.327 e. The van der Waals surface area contributed by atoms with Crippen molar-refractivity contribution in [2.24, 2.45) is 11.1 Å². The minimum atomic E-state index is 0.242. The molecule has 13 heavy (non-hydrogen) atoms. The normalized spacial score (nSPS) is 14.5. The second-order valence-corrected chi connectivity index (χ2v) is 5.63. The Balaban J connectivity index is 2.38. The molecule has 1 heterocycles. The molecule has 2 nitrogen and oxygen atoms in total. The average Bonchev–Trinajstić information content (AvgIpc) is 2.34. The Kier molecular flexibility index (Phi) is 3.45. The van der Waals surface area contributed by atoms with E-state index in [1.165, 1.54) is 0 Å². The molecule has 1 rings (SSSR count). The summed E-state index contributed by atoms with van der Waals surface area (Å²) in [7, 11) is 0. The molecule has 0 fully saturated rings. The second kappa shape index (κ2) is 4.20. The zero-order valence-electron chi connectivity index (χ0n) is 8.58. The summed E-state index contributed by atoms with van der Waals surface area (Å²) in [5.41, 5.74) is 6.33. The smallest absolute Gasteiger partial charge is 0.0940 e. The van der Waals surface area contributed by atoms with Crippen LogP contribution in [0.2, 0.25) is 0 Å². The van der Waals surface area contributed by atoms with Crippen LogP contribution in [0.25, 0.3) is 0 Å². The summed E-state index contributed by atoms with van der Waals surface area (Å²) in [5, 5.41) is 3.15. The van der Waals surface area contributed by atoms with Crippen LogP contribution in [0.5, 0.6) is 0 Å². The summed E-state index contributed by atoms with van der Waals surface area (Å²) in [6.07, 6.45) is 3.80. The van der Waals surface area contributed by atoms with Crippen molar-refractivity contribution in [2.45, 2.75) is 39.7 Å². The first-order valence-electron chi connectivity index (χ1n) is 4.61. The lowest BCUT2D eigenvalue weighted by Crippen LogP contribution is -2.28. The quantitative estimate of drug-likeness (QED) is 0.810. The highest BCUT2D eigenvalue weighted by Gasteiger charge is 2.16. The highest BCUT2D eigenvalue weighted by atomic mass is 32.1. The third-order valence-corrected chi connectivity index (χ3v) is 2.60. The van der Waals surface area contributed by atoms with E-state index in [-0.39, 0.29) is 6.04 Å². The molecule has 1 atom stereocenters. The van der Waals surface area contributed by atoms with Gasteiger partial charge in [0, 0.05) is 24.0 Å². The number of hydrogen-bond acceptors (Lipinski definition) is 3. The molecule has 74 valence electrons. The maximum atomic E-state index is 6.02. The van der Waals surface area contributed by atoms with Crippen LogP contribution in [-0.2, 0) is 6.42 Å². The molecular formula is C10H18N2S. The van der Waals surface area contributed by atoms with Crippen LogP contribution >= 0.6 is 11.3 Å². The predicted molar refractivity (Wildman–Crippen MR) is 57.9 cm³/mol. The van der Waals surface area contributed by atoms with Crippen molar-refractivity contribution in [3.8, 4) is 0 Å². The third kappa shape index (κ3) is 4.39. The van der Waals surface area contributed by atoms with Crippen molar-refractivity contribution in [1.82, 2.24) is 4.98 Å². The Morgan fingerprint density at radius 2 is 2.23 bits per heavy atom. The summed E-state index contributed by atoms with van der Waals surface area (Å²) in [5.74, 6) is 0. The second-order valence-electron chi connectivity index (χ2n) is 4.65. The summed E-state index contributed by atoms with van der Waals surface area (Å²) < 4.78 is 0. The van der Waals surface area contributed by atoms with Crippen LogP contribution in [0, 0.1) is 5.41 Å². The maximum Gasteiger partial charge on any atom is 0.0940 e. The summed E-state index contributed by atoms with van der Waals surface area (Å²) in [6.45, 7) is 6.65. The predicted octanol–water partition coefficient (Wildman–Crippen LogP) is 2.45. The van der Waals surface area contributed by atoms with E-state index in [1.54, 1.807) is 11.3 Å². The fourth-order valence-corrected chi connectivity index (χ4v) is 2.15. The van der Waals surface area contributed by atoms with E-state index in [0.29, 0.717) is 5.41 Å². The van der Waals surface area contributed by atoms with Crippen LogP contribution in [0.1, 0.15) is 32.2 Å². The van der Waals surface area contributed by atoms with Gasteiger partial charge in [0.05, 0.1) is 5.01 Å². The number of thiazole rings is 1. The molecule has 0 saturated heterocycles. The Labute approximate surface area is 84.2 Å². The minimum absolute atomic E-state index is 0.242. The maximum absolute atomic E-state index is 6.02. The van der Waals surface area contributed by atoms with Crippen LogP contribution in [-0.4, -0.2) is 11.0 Å². The number of nitrogens with two attached hydrogens (primary N) is 1. The molecule has 0 aliphatic rings. The van der Waals surface area contributed by atoms with Gasteiger partial charge in [-0.1, -0.05) is 20.8 Å². The Morgan fingerprint density at radius 1 is 1.54 bits per heavy atom. The Bertz CT molecular complexity index is 236. The summed E-state index contributed by atoms with van der Waals surface area (Å²) >= 11 is 1.69. The number of hydrogen-bond donors (Lipinski definition) is 1. The Hall–Kier alpha value is -0.410. The van der Waals surface area contributed by atoms with Gasteiger partial charge in [-0.25, -0.2) is 4.98 Å². The monoisotopic (exact) mass is 198 g/mol. The summed E-state index contributed by atoms with van der Waals surface area (Å²) in [4.78, 5) is 4.22. The first kappa shape index (κ1) is 10.7. The first-order chi connectivity index (χ1) is 5.97. The fourth-order valence-electron chi connectivity index (χ4n) is 1.44. The molecule has 3 heteroatoms. The lowest BCUT2D eigenvalue weighted by Gasteiger charge is -2.22. The van der Waals surface area contributed by atoms with E-state index in [1.807, 2.05) is 11.6 Å². The van der Waals surface area contributed by atoms with Crippen molar-refractivity contribution < 1.29 is 0 Å². The number of aromatic nitrogens is 1. The SMILES string of the molecule is CC(C)(C)CC(N)Cc1nccs1. The van der Waals surface area contributed by atoms with Gasteiger partial charge in [-0.2, -0.15) is 0 Å². The van der Waals surface area contributed by atoms with E-state index in [9.17, 15) is 0 Å². The molecule has 0 radical (unpaired) electrons. The number of rotatable bonds is 3. The van der Waals surface area contributed by atoms with Crippen molar-refractivity contribution >= 4 is 11.3 Å². The lowest BCUT2D eigenvalue weighted by molar-refractivity contribution is 0.338. The lowest BCUT2D eigenvalue weighted by atomic mass is 9.87. The van der Waals surface area contributed by atoms with Gasteiger partial charge in [-0.05, 0) is 11.8 Å². The van der Waals surface area contributed by atoms with Gasteiger partial charge in [0.2, 0.25) is 0 Å². The molecule has 2 N–H and O–H groups in total. The van der Waals surface area contributed by atoms with Crippen LogP contribution < -0.4 is 5.73 Å². The van der Waals surface area contributed by atoms with Crippen LogP contribution in [0.4, 0.5) is 0 Å². The van der Waals surface area contributed by atoms with E-state index in [0.717, 1.165) is 17.8 Å². The van der Waals surface area contributed by atoms with Crippen LogP contribution in [0.3, 0.4) is 0 Å². The summed E-state index contributed by atoms with van der Waals surface area (Å²) in [6, 6.07) is 0.242. The highest BCUT2D eigenvalue weighted by Crippen LogP contribution is 2.21. The molecular weight excluding hydrogens is 180 g/mol. The molecule has 0 saturated carbocycles. The Morgan fingerprint density at radius 3 is 2.69 bits per heavy atom. The number of nitrogens with zero attached hydrogens (tertiary/aromatic N) is 1. The topological polar surface area (TPSA) is 38.9 Å². The van der Waals surface area contributed by atoms with Gasteiger partial charge in [-0.3, -0.25) is 0 Å². The molecule has 1 aromatic rings. The van der Waals surface area contributed by atoms with Gasteiger partial charge in [0.15, 0.2) is 0 Å². The molecule has 0 amide bonds. The van der Waals surface area contributed by atoms with Gasteiger partial charge in [0.25, 0.3) is 0 Å². The standard InChI is InChI=1S/C10H18N2S/c1-10(2,3)7-8(11)6-9-12-4-5-13-9/h4-5,8H,6-7,11H2,1-3H3. The van der Waals surface area contributed by atoms with Crippen LogP contribution in [0.15, 0.2) is 11.6 Å². The van der Waals surface area contributed by atoms with E-state index in [2.05, 4.69) is 25.8 Å². The van der Waals surface area contributed by atoms with E-state index < -0.39 is 0 Å². The average molecular weight is 198 g/mol. The fraction of sp³-hybridized carbons (Fsp3) is 0.700. The van der Waals surface area contributed by atoms with Crippen molar-refractivity contribution in [2.75, 3.05) is 0 Å². The minimum Gasteiger partial charge on any atom is -0.327 e. The third-order valence-electron chi connectivity index (χ3n) is 1.79. The zero-order valence-corrected chi connectivity index (χ0v) is 9.40. The van der Waals surface area contributed by atoms with Gasteiger partial charge in [0.1, 0.15) is 0 Å². The molecule has 0 aromatic carbocycles. The zero-order chi connectivity index (χ0) is 9.90. The van der Waals surface area contributed by atoms with Gasteiger partial charge >= 0.3 is 0 Å². The first-order valence-corrected chi connectivity index (χ1v) is 5.49. The molecule has 1 aromatic heterocycles. The highest BCUT2D eigenvalue weighted by molar-refractivity contribution is 7.09. The molecule has 0 aliphatic carbocycles. The molecule has 0 aliphatic heterocycles.